The SMILES string of the molecule is CCOCCOc1ccc(NCC(=O)Nc2ccc(C)cc2)cc1. The summed E-state index contributed by atoms with van der Waals surface area (Å²) in [5.74, 6) is 0.695. The molecular formula is C19H24N2O3. The molecule has 2 aromatic rings. The van der Waals surface area contributed by atoms with E-state index < -0.39 is 0 Å². The molecule has 0 radical (unpaired) electrons. The summed E-state index contributed by atoms with van der Waals surface area (Å²) in [6.07, 6.45) is 0. The summed E-state index contributed by atoms with van der Waals surface area (Å²) in [6.45, 7) is 5.97. The molecule has 24 heavy (non-hydrogen) atoms. The number of ether oxygens (including phenoxy) is 2. The van der Waals surface area contributed by atoms with Crippen molar-refractivity contribution in [1.29, 1.82) is 0 Å². The van der Waals surface area contributed by atoms with Crippen molar-refractivity contribution in [3.63, 3.8) is 0 Å². The van der Waals surface area contributed by atoms with Crippen LogP contribution in [0, 0.1) is 6.92 Å². The van der Waals surface area contributed by atoms with Gasteiger partial charge < -0.3 is 20.1 Å². The molecule has 0 heterocycles. The van der Waals surface area contributed by atoms with Crippen molar-refractivity contribution in [2.45, 2.75) is 13.8 Å². The molecule has 0 aromatic heterocycles. The first kappa shape index (κ1) is 17.8. The van der Waals surface area contributed by atoms with Gasteiger partial charge in [-0.05, 0) is 50.2 Å². The molecule has 0 aliphatic heterocycles. The Labute approximate surface area is 143 Å². The first-order valence-electron chi connectivity index (χ1n) is 8.08. The predicted molar refractivity (Wildman–Crippen MR) is 96.7 cm³/mol. The molecule has 2 N–H and O–H groups in total. The maximum Gasteiger partial charge on any atom is 0.243 e. The number of hydrogen-bond acceptors (Lipinski definition) is 4. The predicted octanol–water partition coefficient (Wildman–Crippen LogP) is 3.46. The molecule has 0 saturated heterocycles. The van der Waals surface area contributed by atoms with E-state index in [0.29, 0.717) is 19.8 Å². The minimum atomic E-state index is -0.0871. The molecular weight excluding hydrogens is 304 g/mol. The van der Waals surface area contributed by atoms with Gasteiger partial charge in [0, 0.05) is 18.0 Å². The summed E-state index contributed by atoms with van der Waals surface area (Å²) in [5, 5.41) is 5.94. The molecule has 5 nitrogen and oxygen atoms in total. The smallest absolute Gasteiger partial charge is 0.243 e. The number of carbonyl (C=O) groups is 1. The molecule has 0 fully saturated rings. The summed E-state index contributed by atoms with van der Waals surface area (Å²) in [4.78, 5) is 11.9. The van der Waals surface area contributed by atoms with Gasteiger partial charge in [0.2, 0.25) is 5.91 Å². The third kappa shape index (κ3) is 6.30. The average molecular weight is 328 g/mol. The molecule has 2 rings (SSSR count). The molecule has 0 unspecified atom stereocenters. The topological polar surface area (TPSA) is 59.6 Å². The number of benzene rings is 2. The highest BCUT2D eigenvalue weighted by Gasteiger charge is 2.02. The summed E-state index contributed by atoms with van der Waals surface area (Å²) in [6, 6.07) is 15.2. The van der Waals surface area contributed by atoms with Crippen LogP contribution in [0.25, 0.3) is 0 Å². The number of anilines is 2. The standard InChI is InChI=1S/C19H24N2O3/c1-3-23-12-13-24-18-10-8-16(9-11-18)20-14-19(22)21-17-6-4-15(2)5-7-17/h4-11,20H,3,12-14H2,1-2H3,(H,21,22). The van der Waals surface area contributed by atoms with Gasteiger partial charge in [-0.2, -0.15) is 0 Å². The van der Waals surface area contributed by atoms with E-state index in [1.54, 1.807) is 0 Å². The number of amides is 1. The van der Waals surface area contributed by atoms with E-state index in [-0.39, 0.29) is 12.5 Å². The minimum Gasteiger partial charge on any atom is -0.491 e. The lowest BCUT2D eigenvalue weighted by atomic mass is 10.2. The van der Waals surface area contributed by atoms with E-state index >= 15 is 0 Å². The first-order chi connectivity index (χ1) is 11.7. The largest absolute Gasteiger partial charge is 0.491 e. The highest BCUT2D eigenvalue weighted by molar-refractivity contribution is 5.93. The number of aryl methyl sites for hydroxylation is 1. The van der Waals surface area contributed by atoms with Crippen LogP contribution < -0.4 is 15.4 Å². The zero-order chi connectivity index (χ0) is 17.2. The normalized spacial score (nSPS) is 10.2. The highest BCUT2D eigenvalue weighted by atomic mass is 16.5. The fraction of sp³-hybridized carbons (Fsp3) is 0.316. The van der Waals surface area contributed by atoms with E-state index in [0.717, 1.165) is 22.7 Å². The van der Waals surface area contributed by atoms with Crippen LogP contribution in [0.15, 0.2) is 48.5 Å². The second-order valence-corrected chi connectivity index (χ2v) is 5.34. The Balaban J connectivity index is 1.73. The van der Waals surface area contributed by atoms with Crippen LogP contribution in [0.5, 0.6) is 5.75 Å². The van der Waals surface area contributed by atoms with Crippen LogP contribution in [-0.2, 0) is 9.53 Å². The van der Waals surface area contributed by atoms with Crippen LogP contribution in [-0.4, -0.2) is 32.3 Å². The van der Waals surface area contributed by atoms with Crippen LogP contribution in [0.1, 0.15) is 12.5 Å². The van der Waals surface area contributed by atoms with Gasteiger partial charge in [-0.1, -0.05) is 17.7 Å². The maximum absolute atomic E-state index is 11.9. The van der Waals surface area contributed by atoms with Crippen LogP contribution in [0.3, 0.4) is 0 Å². The van der Waals surface area contributed by atoms with Gasteiger partial charge in [0.15, 0.2) is 0 Å². The van der Waals surface area contributed by atoms with Crippen molar-refractivity contribution in [1.82, 2.24) is 0 Å². The van der Waals surface area contributed by atoms with E-state index in [1.165, 1.54) is 0 Å². The van der Waals surface area contributed by atoms with Crippen LogP contribution in [0.4, 0.5) is 11.4 Å². The van der Waals surface area contributed by atoms with Crippen molar-refractivity contribution < 1.29 is 14.3 Å². The van der Waals surface area contributed by atoms with Gasteiger partial charge in [0.05, 0.1) is 13.2 Å². The molecule has 0 atom stereocenters. The molecule has 1 amide bonds. The Kier molecular flexibility index (Phi) is 7.11. The first-order valence-corrected chi connectivity index (χ1v) is 8.08. The minimum absolute atomic E-state index is 0.0871. The van der Waals surface area contributed by atoms with Gasteiger partial charge in [0.1, 0.15) is 12.4 Å². The molecule has 0 bridgehead atoms. The molecule has 0 aliphatic rings. The lowest BCUT2D eigenvalue weighted by Gasteiger charge is -2.10. The van der Waals surface area contributed by atoms with E-state index in [1.807, 2.05) is 62.4 Å². The van der Waals surface area contributed by atoms with Crippen molar-refractivity contribution >= 4 is 17.3 Å². The third-order valence-corrected chi connectivity index (χ3v) is 3.34. The maximum atomic E-state index is 11.9. The van der Waals surface area contributed by atoms with Gasteiger partial charge in [-0.15, -0.1) is 0 Å². The molecule has 5 heteroatoms. The Bertz CT molecular complexity index is 624. The van der Waals surface area contributed by atoms with Crippen molar-refractivity contribution in [3.8, 4) is 5.75 Å². The molecule has 128 valence electrons. The van der Waals surface area contributed by atoms with Crippen LogP contribution in [0.2, 0.25) is 0 Å². The lowest BCUT2D eigenvalue weighted by Crippen LogP contribution is -2.21. The molecule has 2 aromatic carbocycles. The van der Waals surface area contributed by atoms with E-state index in [2.05, 4.69) is 10.6 Å². The Hall–Kier alpha value is -2.53. The lowest BCUT2D eigenvalue weighted by molar-refractivity contribution is -0.114. The van der Waals surface area contributed by atoms with Crippen molar-refractivity contribution in [3.05, 3.63) is 54.1 Å². The molecule has 0 spiro atoms. The zero-order valence-corrected chi connectivity index (χ0v) is 14.2. The number of nitrogens with one attached hydrogen (secondary N) is 2. The van der Waals surface area contributed by atoms with Gasteiger partial charge in [-0.25, -0.2) is 0 Å². The fourth-order valence-electron chi connectivity index (χ4n) is 2.06. The quantitative estimate of drug-likeness (QED) is 0.692. The van der Waals surface area contributed by atoms with Gasteiger partial charge in [-0.3, -0.25) is 4.79 Å². The monoisotopic (exact) mass is 328 g/mol. The second-order valence-electron chi connectivity index (χ2n) is 5.34. The van der Waals surface area contributed by atoms with Crippen LogP contribution >= 0.6 is 0 Å². The fourth-order valence-corrected chi connectivity index (χ4v) is 2.06. The van der Waals surface area contributed by atoms with Crippen molar-refractivity contribution in [2.75, 3.05) is 37.0 Å². The summed E-state index contributed by atoms with van der Waals surface area (Å²) in [5.41, 5.74) is 2.83. The third-order valence-electron chi connectivity index (χ3n) is 3.34. The highest BCUT2D eigenvalue weighted by Crippen LogP contribution is 2.15. The van der Waals surface area contributed by atoms with E-state index in [4.69, 9.17) is 9.47 Å². The second kappa shape index (κ2) is 9.57. The summed E-state index contributed by atoms with van der Waals surface area (Å²) >= 11 is 0. The Morgan fingerprint density at radius 3 is 2.29 bits per heavy atom. The number of carbonyl (C=O) groups excluding carboxylic acids is 1. The number of hydrogen-bond donors (Lipinski definition) is 2. The zero-order valence-electron chi connectivity index (χ0n) is 14.2. The molecule has 0 aliphatic carbocycles. The van der Waals surface area contributed by atoms with Crippen molar-refractivity contribution in [2.24, 2.45) is 0 Å². The van der Waals surface area contributed by atoms with Gasteiger partial charge >= 0.3 is 0 Å². The number of rotatable bonds is 9. The summed E-state index contributed by atoms with van der Waals surface area (Å²) in [7, 11) is 0. The average Bonchev–Trinajstić information content (AvgIpc) is 2.60. The Morgan fingerprint density at radius 1 is 0.958 bits per heavy atom. The van der Waals surface area contributed by atoms with Gasteiger partial charge in [0.25, 0.3) is 0 Å². The summed E-state index contributed by atoms with van der Waals surface area (Å²) < 4.78 is 10.8. The van der Waals surface area contributed by atoms with E-state index in [9.17, 15) is 4.79 Å². The Morgan fingerprint density at radius 2 is 1.62 bits per heavy atom. The molecule has 0 saturated carbocycles.